The van der Waals surface area contributed by atoms with E-state index in [0.717, 1.165) is 30.3 Å². The minimum atomic E-state index is 0.447. The van der Waals surface area contributed by atoms with Crippen LogP contribution < -0.4 is 10.6 Å². The van der Waals surface area contributed by atoms with Gasteiger partial charge in [0.2, 0.25) is 5.95 Å². The highest BCUT2D eigenvalue weighted by molar-refractivity contribution is 5.31. The van der Waals surface area contributed by atoms with Gasteiger partial charge >= 0.3 is 0 Å². The molecule has 0 saturated heterocycles. The normalized spacial score (nSPS) is 10.5. The molecule has 0 radical (unpaired) electrons. The third-order valence-electron chi connectivity index (χ3n) is 3.02. The zero-order valence-electron chi connectivity index (χ0n) is 11.5. The molecule has 2 aromatic rings. The Bertz CT molecular complexity index is 525. The number of aromatic nitrogens is 2. The molecule has 0 spiro atoms. The molecule has 0 bridgehead atoms. The van der Waals surface area contributed by atoms with Gasteiger partial charge in [-0.25, -0.2) is 9.97 Å². The molecule has 0 atom stereocenters. The number of nitrogens with zero attached hydrogens (tertiary/aromatic N) is 3. The number of hydrogen-bond donors (Lipinski definition) is 1. The predicted octanol–water partition coefficient (Wildman–Crippen LogP) is 1.92. The summed E-state index contributed by atoms with van der Waals surface area (Å²) in [5, 5.41) is 0. The number of likely N-dealkylation sites (N-methyl/N-ethyl adjacent to an activating group) is 1. The molecule has 4 nitrogen and oxygen atoms in total. The van der Waals surface area contributed by atoms with Gasteiger partial charge in [-0.3, -0.25) is 0 Å². The molecule has 0 aliphatic rings. The Balaban J connectivity index is 2.03. The van der Waals surface area contributed by atoms with E-state index in [2.05, 4.69) is 39.1 Å². The Morgan fingerprint density at radius 2 is 1.89 bits per heavy atom. The molecular weight excluding hydrogens is 236 g/mol. The van der Waals surface area contributed by atoms with Crippen molar-refractivity contribution in [2.45, 2.75) is 19.9 Å². The number of anilines is 1. The zero-order valence-corrected chi connectivity index (χ0v) is 11.5. The molecule has 1 heterocycles. The third-order valence-corrected chi connectivity index (χ3v) is 3.02. The highest BCUT2D eigenvalue weighted by atomic mass is 15.2. The fourth-order valence-corrected chi connectivity index (χ4v) is 1.93. The highest BCUT2D eigenvalue weighted by Crippen LogP contribution is 2.10. The van der Waals surface area contributed by atoms with Gasteiger partial charge < -0.3 is 10.6 Å². The van der Waals surface area contributed by atoms with Gasteiger partial charge in [-0.05, 0) is 25.0 Å². The summed E-state index contributed by atoms with van der Waals surface area (Å²) >= 11 is 0. The van der Waals surface area contributed by atoms with Crippen molar-refractivity contribution in [2.24, 2.45) is 5.73 Å². The molecule has 2 rings (SSSR count). The SMILES string of the molecule is Cc1cc(CN)nc(N(C)CCc2ccccc2)n1. The van der Waals surface area contributed by atoms with E-state index in [1.54, 1.807) is 0 Å². The van der Waals surface area contributed by atoms with Crippen LogP contribution in [0.4, 0.5) is 5.95 Å². The molecule has 2 N–H and O–H groups in total. The lowest BCUT2D eigenvalue weighted by molar-refractivity contribution is 0.818. The maximum atomic E-state index is 5.64. The van der Waals surface area contributed by atoms with Crippen LogP contribution in [0.25, 0.3) is 0 Å². The lowest BCUT2D eigenvalue weighted by Gasteiger charge is -2.18. The molecule has 1 aromatic heterocycles. The van der Waals surface area contributed by atoms with Crippen molar-refractivity contribution in [1.82, 2.24) is 9.97 Å². The third kappa shape index (κ3) is 3.76. The summed E-state index contributed by atoms with van der Waals surface area (Å²) in [5.74, 6) is 0.747. The Labute approximate surface area is 114 Å². The van der Waals surface area contributed by atoms with Crippen LogP contribution in [0, 0.1) is 6.92 Å². The van der Waals surface area contributed by atoms with Crippen molar-refractivity contribution in [2.75, 3.05) is 18.5 Å². The average Bonchev–Trinajstić information content (AvgIpc) is 2.45. The van der Waals surface area contributed by atoms with E-state index in [-0.39, 0.29) is 0 Å². The molecule has 19 heavy (non-hydrogen) atoms. The van der Waals surface area contributed by atoms with Gasteiger partial charge in [0.05, 0.1) is 5.69 Å². The minimum Gasteiger partial charge on any atom is -0.344 e. The van der Waals surface area contributed by atoms with Crippen molar-refractivity contribution >= 4 is 5.95 Å². The van der Waals surface area contributed by atoms with Crippen molar-refractivity contribution in [3.8, 4) is 0 Å². The number of rotatable bonds is 5. The van der Waals surface area contributed by atoms with Crippen LogP contribution >= 0.6 is 0 Å². The molecule has 100 valence electrons. The molecule has 0 aliphatic carbocycles. The van der Waals surface area contributed by atoms with E-state index in [0.29, 0.717) is 6.54 Å². The molecular formula is C15H20N4. The van der Waals surface area contributed by atoms with E-state index < -0.39 is 0 Å². The van der Waals surface area contributed by atoms with Gasteiger partial charge in [-0.15, -0.1) is 0 Å². The Morgan fingerprint density at radius 3 is 2.58 bits per heavy atom. The van der Waals surface area contributed by atoms with E-state index in [9.17, 15) is 0 Å². The first-order valence-corrected chi connectivity index (χ1v) is 6.48. The monoisotopic (exact) mass is 256 g/mol. The summed E-state index contributed by atoms with van der Waals surface area (Å²) in [5.41, 5.74) is 8.80. The van der Waals surface area contributed by atoms with E-state index in [1.165, 1.54) is 5.56 Å². The summed E-state index contributed by atoms with van der Waals surface area (Å²) < 4.78 is 0. The second kappa shape index (κ2) is 6.29. The molecule has 4 heteroatoms. The van der Waals surface area contributed by atoms with Gasteiger partial charge in [-0.2, -0.15) is 0 Å². The van der Waals surface area contributed by atoms with Gasteiger partial charge in [-0.1, -0.05) is 30.3 Å². The quantitative estimate of drug-likeness (QED) is 0.888. The van der Waals surface area contributed by atoms with Gasteiger partial charge in [0.15, 0.2) is 0 Å². The molecule has 1 aromatic carbocycles. The van der Waals surface area contributed by atoms with E-state index in [1.807, 2.05) is 26.1 Å². The van der Waals surface area contributed by atoms with Crippen LogP contribution in [0.15, 0.2) is 36.4 Å². The average molecular weight is 256 g/mol. The van der Waals surface area contributed by atoms with Crippen LogP contribution in [0.2, 0.25) is 0 Å². The summed E-state index contributed by atoms with van der Waals surface area (Å²) in [7, 11) is 2.01. The first kappa shape index (κ1) is 13.5. The topological polar surface area (TPSA) is 55.0 Å². The second-order valence-electron chi connectivity index (χ2n) is 4.66. The largest absolute Gasteiger partial charge is 0.344 e. The van der Waals surface area contributed by atoms with Crippen molar-refractivity contribution in [1.29, 1.82) is 0 Å². The smallest absolute Gasteiger partial charge is 0.225 e. The molecule has 0 fully saturated rings. The summed E-state index contributed by atoms with van der Waals surface area (Å²) in [4.78, 5) is 11.0. The Morgan fingerprint density at radius 1 is 1.16 bits per heavy atom. The molecule has 0 unspecified atom stereocenters. The summed E-state index contributed by atoms with van der Waals surface area (Å²) in [6.45, 7) is 3.30. The molecule has 0 amide bonds. The van der Waals surface area contributed by atoms with Gasteiger partial charge in [0, 0.05) is 25.8 Å². The van der Waals surface area contributed by atoms with Crippen molar-refractivity contribution in [3.05, 3.63) is 53.3 Å². The van der Waals surface area contributed by atoms with Crippen LogP contribution in [0.5, 0.6) is 0 Å². The lowest BCUT2D eigenvalue weighted by Crippen LogP contribution is -2.23. The lowest BCUT2D eigenvalue weighted by atomic mass is 10.1. The van der Waals surface area contributed by atoms with Gasteiger partial charge in [0.1, 0.15) is 0 Å². The highest BCUT2D eigenvalue weighted by Gasteiger charge is 2.06. The second-order valence-corrected chi connectivity index (χ2v) is 4.66. The number of hydrogen-bond acceptors (Lipinski definition) is 4. The zero-order chi connectivity index (χ0) is 13.7. The van der Waals surface area contributed by atoms with Crippen LogP contribution in [0.3, 0.4) is 0 Å². The van der Waals surface area contributed by atoms with Crippen LogP contribution in [-0.2, 0) is 13.0 Å². The number of aryl methyl sites for hydroxylation is 1. The van der Waals surface area contributed by atoms with Crippen LogP contribution in [-0.4, -0.2) is 23.6 Å². The fraction of sp³-hybridized carbons (Fsp3) is 0.333. The number of nitrogens with two attached hydrogens (primary N) is 1. The standard InChI is InChI=1S/C15H20N4/c1-12-10-14(11-16)18-15(17-12)19(2)9-8-13-6-4-3-5-7-13/h3-7,10H,8-9,11,16H2,1-2H3. The maximum Gasteiger partial charge on any atom is 0.225 e. The summed E-state index contributed by atoms with van der Waals surface area (Å²) in [6.07, 6.45) is 0.979. The van der Waals surface area contributed by atoms with Crippen molar-refractivity contribution < 1.29 is 0 Å². The Kier molecular flexibility index (Phi) is 4.47. The van der Waals surface area contributed by atoms with Crippen LogP contribution in [0.1, 0.15) is 17.0 Å². The first-order chi connectivity index (χ1) is 9.19. The fourth-order valence-electron chi connectivity index (χ4n) is 1.93. The summed E-state index contributed by atoms with van der Waals surface area (Å²) in [6, 6.07) is 12.3. The Hall–Kier alpha value is -1.94. The first-order valence-electron chi connectivity index (χ1n) is 6.48. The minimum absolute atomic E-state index is 0.447. The van der Waals surface area contributed by atoms with Crippen molar-refractivity contribution in [3.63, 3.8) is 0 Å². The van der Waals surface area contributed by atoms with E-state index >= 15 is 0 Å². The molecule has 0 saturated carbocycles. The molecule has 0 aliphatic heterocycles. The van der Waals surface area contributed by atoms with Gasteiger partial charge in [0.25, 0.3) is 0 Å². The van der Waals surface area contributed by atoms with E-state index in [4.69, 9.17) is 5.73 Å². The predicted molar refractivity (Wildman–Crippen MR) is 78.1 cm³/mol. The maximum absolute atomic E-state index is 5.64. The number of benzene rings is 1.